The summed E-state index contributed by atoms with van der Waals surface area (Å²) >= 11 is 1.42. The van der Waals surface area contributed by atoms with Gasteiger partial charge in [0.2, 0.25) is 11.0 Å². The first kappa shape index (κ1) is 21.5. The Kier molecular flexibility index (Phi) is 7.01. The molecular formula is C23H27N5O2S. The minimum absolute atomic E-state index is 0.0853. The third-order valence-electron chi connectivity index (χ3n) is 5.08. The Morgan fingerprint density at radius 3 is 2.81 bits per heavy atom. The van der Waals surface area contributed by atoms with Crippen LogP contribution in [0.15, 0.2) is 48.5 Å². The van der Waals surface area contributed by atoms with Crippen LogP contribution in [-0.4, -0.2) is 52.2 Å². The molecular weight excluding hydrogens is 410 g/mol. The average molecular weight is 438 g/mol. The number of morpholine rings is 1. The van der Waals surface area contributed by atoms with E-state index in [0.29, 0.717) is 37.3 Å². The van der Waals surface area contributed by atoms with E-state index in [4.69, 9.17) is 9.72 Å². The van der Waals surface area contributed by atoms with Crippen molar-refractivity contribution in [2.75, 3.05) is 31.6 Å². The maximum Gasteiger partial charge on any atom is 0.240 e. The highest BCUT2D eigenvalue weighted by Crippen LogP contribution is 2.23. The second kappa shape index (κ2) is 10.1. The summed E-state index contributed by atoms with van der Waals surface area (Å²) in [5.41, 5.74) is 3.15. The van der Waals surface area contributed by atoms with Gasteiger partial charge < -0.3 is 4.74 Å². The molecule has 2 aromatic heterocycles. The van der Waals surface area contributed by atoms with Crippen LogP contribution in [0.25, 0.3) is 0 Å². The van der Waals surface area contributed by atoms with E-state index in [1.807, 2.05) is 36.4 Å². The first-order valence-corrected chi connectivity index (χ1v) is 11.4. The van der Waals surface area contributed by atoms with Crippen LogP contribution < -0.4 is 5.32 Å². The molecule has 31 heavy (non-hydrogen) atoms. The number of carbonyl (C=O) groups is 1. The van der Waals surface area contributed by atoms with Crippen molar-refractivity contribution >= 4 is 22.4 Å². The summed E-state index contributed by atoms with van der Waals surface area (Å²) in [6, 6.07) is 16.4. The molecule has 4 rings (SSSR count). The van der Waals surface area contributed by atoms with E-state index in [9.17, 15) is 4.79 Å². The predicted molar refractivity (Wildman–Crippen MR) is 121 cm³/mol. The fourth-order valence-corrected chi connectivity index (χ4v) is 4.25. The van der Waals surface area contributed by atoms with Gasteiger partial charge in [-0.05, 0) is 17.7 Å². The Morgan fingerprint density at radius 1 is 1.19 bits per heavy atom. The van der Waals surface area contributed by atoms with Gasteiger partial charge in [0.1, 0.15) is 11.1 Å². The van der Waals surface area contributed by atoms with Crippen LogP contribution in [0.2, 0.25) is 0 Å². The normalized spacial score (nSPS) is 17.1. The maximum atomic E-state index is 12.5. The number of carbonyl (C=O) groups excluding carboxylic acids is 1. The van der Waals surface area contributed by atoms with Gasteiger partial charge in [-0.2, -0.15) is 0 Å². The van der Waals surface area contributed by atoms with Crippen molar-refractivity contribution in [3.63, 3.8) is 0 Å². The molecule has 8 heteroatoms. The smallest absolute Gasteiger partial charge is 0.240 e. The van der Waals surface area contributed by atoms with Gasteiger partial charge in [-0.15, -0.1) is 10.2 Å². The number of amides is 1. The van der Waals surface area contributed by atoms with E-state index in [2.05, 4.69) is 46.4 Å². The molecule has 0 bridgehead atoms. The molecule has 1 fully saturated rings. The average Bonchev–Trinajstić information content (AvgIpc) is 3.23. The molecule has 1 N–H and O–H groups in total. The first-order chi connectivity index (χ1) is 15.1. The standard InChI is InChI=1S/C23H27N5O2S/c1-16(2)22-26-27-23(31-22)25-21(29)15-28-11-12-30-20(14-28)19-10-6-9-18(24-19)13-17-7-4-3-5-8-17/h3-10,16,20H,11-15H2,1-2H3,(H,25,27,29)/t20-/m1/s1. The van der Waals surface area contributed by atoms with E-state index >= 15 is 0 Å². The van der Waals surface area contributed by atoms with Gasteiger partial charge >= 0.3 is 0 Å². The molecule has 1 saturated heterocycles. The van der Waals surface area contributed by atoms with Gasteiger partial charge in [0.15, 0.2) is 0 Å². The lowest BCUT2D eigenvalue weighted by Crippen LogP contribution is -2.42. The van der Waals surface area contributed by atoms with Gasteiger partial charge in [0, 0.05) is 31.1 Å². The number of ether oxygens (including phenoxy) is 1. The summed E-state index contributed by atoms with van der Waals surface area (Å²) in [5, 5.41) is 12.5. The fourth-order valence-electron chi connectivity index (χ4n) is 3.49. The molecule has 162 valence electrons. The lowest BCUT2D eigenvalue weighted by Gasteiger charge is -2.32. The van der Waals surface area contributed by atoms with Gasteiger partial charge in [-0.25, -0.2) is 0 Å². The summed E-state index contributed by atoms with van der Waals surface area (Å²) in [6.07, 6.45) is 0.639. The Hall–Kier alpha value is -2.68. The molecule has 3 aromatic rings. The molecule has 0 aliphatic carbocycles. The quantitative estimate of drug-likeness (QED) is 0.608. The second-order valence-electron chi connectivity index (χ2n) is 7.96. The SMILES string of the molecule is CC(C)c1nnc(NC(=O)CN2CCO[C@@H](c3cccc(Cc4ccccc4)n3)C2)s1. The van der Waals surface area contributed by atoms with Crippen molar-refractivity contribution in [3.05, 3.63) is 70.5 Å². The van der Waals surface area contributed by atoms with Crippen LogP contribution in [0, 0.1) is 0 Å². The monoisotopic (exact) mass is 437 g/mol. The minimum atomic E-state index is -0.147. The number of hydrogen-bond acceptors (Lipinski definition) is 7. The van der Waals surface area contributed by atoms with Crippen molar-refractivity contribution < 1.29 is 9.53 Å². The van der Waals surface area contributed by atoms with Crippen molar-refractivity contribution in [1.82, 2.24) is 20.1 Å². The lowest BCUT2D eigenvalue weighted by atomic mass is 10.1. The Labute approximate surface area is 186 Å². The summed E-state index contributed by atoms with van der Waals surface area (Å²) in [6.45, 7) is 6.31. The Bertz CT molecular complexity index is 1010. The summed E-state index contributed by atoms with van der Waals surface area (Å²) in [4.78, 5) is 19.4. The molecule has 0 saturated carbocycles. The molecule has 1 atom stereocenters. The number of anilines is 1. The van der Waals surface area contributed by atoms with E-state index in [1.54, 1.807) is 0 Å². The summed E-state index contributed by atoms with van der Waals surface area (Å²) in [7, 11) is 0. The molecule has 1 amide bonds. The largest absolute Gasteiger partial charge is 0.369 e. The van der Waals surface area contributed by atoms with Crippen LogP contribution in [0.4, 0.5) is 5.13 Å². The highest BCUT2D eigenvalue weighted by atomic mass is 32.1. The lowest BCUT2D eigenvalue weighted by molar-refractivity contribution is -0.119. The second-order valence-corrected chi connectivity index (χ2v) is 8.97. The third kappa shape index (κ3) is 5.94. The van der Waals surface area contributed by atoms with Crippen molar-refractivity contribution in [2.45, 2.75) is 32.3 Å². The molecule has 3 heterocycles. The highest BCUT2D eigenvalue weighted by molar-refractivity contribution is 7.15. The molecule has 1 aliphatic rings. The number of nitrogens with one attached hydrogen (secondary N) is 1. The molecule has 7 nitrogen and oxygen atoms in total. The van der Waals surface area contributed by atoms with Crippen molar-refractivity contribution in [2.24, 2.45) is 0 Å². The number of benzene rings is 1. The van der Waals surface area contributed by atoms with E-state index in [0.717, 1.165) is 22.8 Å². The zero-order valence-electron chi connectivity index (χ0n) is 17.8. The molecule has 0 radical (unpaired) electrons. The van der Waals surface area contributed by atoms with Gasteiger partial charge in [0.05, 0.1) is 18.8 Å². The zero-order valence-corrected chi connectivity index (χ0v) is 18.6. The van der Waals surface area contributed by atoms with Crippen molar-refractivity contribution in [3.8, 4) is 0 Å². The number of hydrogen-bond donors (Lipinski definition) is 1. The molecule has 0 unspecified atom stereocenters. The predicted octanol–water partition coefficient (Wildman–Crippen LogP) is 3.66. The van der Waals surface area contributed by atoms with Crippen LogP contribution in [0.5, 0.6) is 0 Å². The first-order valence-electron chi connectivity index (χ1n) is 10.5. The van der Waals surface area contributed by atoms with Gasteiger partial charge in [-0.1, -0.05) is 61.6 Å². The summed E-state index contributed by atoms with van der Waals surface area (Å²) < 4.78 is 5.97. The summed E-state index contributed by atoms with van der Waals surface area (Å²) in [5.74, 6) is 0.214. The van der Waals surface area contributed by atoms with Crippen LogP contribution in [0.1, 0.15) is 47.8 Å². The van der Waals surface area contributed by atoms with Crippen LogP contribution in [-0.2, 0) is 16.0 Å². The maximum absolute atomic E-state index is 12.5. The Balaban J connectivity index is 1.34. The minimum Gasteiger partial charge on any atom is -0.369 e. The molecule has 1 aromatic carbocycles. The number of nitrogens with zero attached hydrogens (tertiary/aromatic N) is 4. The van der Waals surface area contributed by atoms with E-state index in [1.165, 1.54) is 16.9 Å². The molecule has 0 spiro atoms. The highest BCUT2D eigenvalue weighted by Gasteiger charge is 2.25. The fraction of sp³-hybridized carbons (Fsp3) is 0.391. The van der Waals surface area contributed by atoms with Gasteiger partial charge in [-0.3, -0.25) is 20.0 Å². The topological polar surface area (TPSA) is 80.2 Å². The number of pyridine rings is 1. The van der Waals surface area contributed by atoms with Crippen LogP contribution in [0.3, 0.4) is 0 Å². The zero-order chi connectivity index (χ0) is 21.6. The van der Waals surface area contributed by atoms with E-state index in [-0.39, 0.29) is 12.0 Å². The van der Waals surface area contributed by atoms with E-state index < -0.39 is 0 Å². The van der Waals surface area contributed by atoms with Gasteiger partial charge in [0.25, 0.3) is 0 Å². The third-order valence-corrected chi connectivity index (χ3v) is 6.22. The van der Waals surface area contributed by atoms with Crippen LogP contribution >= 0.6 is 11.3 Å². The number of rotatable bonds is 7. The number of aromatic nitrogens is 3. The molecule has 1 aliphatic heterocycles. The Morgan fingerprint density at radius 2 is 2.03 bits per heavy atom. The van der Waals surface area contributed by atoms with Crippen molar-refractivity contribution in [1.29, 1.82) is 0 Å².